The van der Waals surface area contributed by atoms with Crippen molar-refractivity contribution in [2.75, 3.05) is 11.9 Å². The number of rotatable bonds is 6. The fourth-order valence-corrected chi connectivity index (χ4v) is 3.60. The zero-order valence-corrected chi connectivity index (χ0v) is 18.1. The van der Waals surface area contributed by atoms with Gasteiger partial charge in [-0.2, -0.15) is 0 Å². The van der Waals surface area contributed by atoms with Crippen LogP contribution in [-0.4, -0.2) is 32.0 Å². The highest BCUT2D eigenvalue weighted by Crippen LogP contribution is 2.23. The minimum atomic E-state index is -0.515. The molecular weight excluding hydrogens is 422 g/mol. The Morgan fingerprint density at radius 3 is 2.52 bits per heavy atom. The molecule has 0 aliphatic carbocycles. The summed E-state index contributed by atoms with van der Waals surface area (Å²) in [5.41, 5.74) is 0.630. The van der Waals surface area contributed by atoms with Crippen molar-refractivity contribution in [1.29, 1.82) is 0 Å². The number of hydrogen-bond acceptors (Lipinski definition) is 5. The molecule has 2 aromatic carbocycles. The van der Waals surface area contributed by atoms with Gasteiger partial charge in [0.15, 0.2) is 0 Å². The number of hydrogen-bond donors (Lipinski definition) is 1. The predicted molar refractivity (Wildman–Crippen MR) is 120 cm³/mol. The van der Waals surface area contributed by atoms with Crippen molar-refractivity contribution < 1.29 is 9.72 Å². The molecule has 1 heterocycles. The number of nitro groups is 1. The van der Waals surface area contributed by atoms with Gasteiger partial charge in [-0.3, -0.25) is 19.5 Å². The highest BCUT2D eigenvalue weighted by molar-refractivity contribution is 6.31. The standard InChI is InChI=1S/C21H22ClN5O4/c1-4-25(21(29)23-15-7-9-16(10-8-15)27(30)31)13(3)19-24-18-12-14(22)6-11-17(18)20(28)26(19)5-2/h6-13H,4-5H2,1-3H3,(H,23,29). The Kier molecular flexibility index (Phi) is 6.55. The normalized spacial score (nSPS) is 11.9. The van der Waals surface area contributed by atoms with Crippen LogP contribution in [0.2, 0.25) is 5.02 Å². The fraction of sp³-hybridized carbons (Fsp3) is 0.286. The number of carbonyl (C=O) groups excluding carboxylic acids is 1. The van der Waals surface area contributed by atoms with Crippen molar-refractivity contribution in [3.63, 3.8) is 0 Å². The van der Waals surface area contributed by atoms with Crippen LogP contribution in [0.3, 0.4) is 0 Å². The fourth-order valence-electron chi connectivity index (χ4n) is 3.43. The first-order valence-corrected chi connectivity index (χ1v) is 10.2. The lowest BCUT2D eigenvalue weighted by molar-refractivity contribution is -0.384. The van der Waals surface area contributed by atoms with Crippen LogP contribution < -0.4 is 10.9 Å². The first kappa shape index (κ1) is 22.2. The first-order chi connectivity index (χ1) is 14.8. The van der Waals surface area contributed by atoms with E-state index in [-0.39, 0.29) is 11.2 Å². The van der Waals surface area contributed by atoms with Crippen LogP contribution in [0.4, 0.5) is 16.2 Å². The monoisotopic (exact) mass is 443 g/mol. The molecule has 0 fully saturated rings. The second-order valence-electron chi connectivity index (χ2n) is 6.88. The number of aromatic nitrogens is 2. The molecule has 1 N–H and O–H groups in total. The van der Waals surface area contributed by atoms with Crippen molar-refractivity contribution in [3.05, 3.63) is 73.8 Å². The van der Waals surface area contributed by atoms with Crippen molar-refractivity contribution in [2.45, 2.75) is 33.4 Å². The van der Waals surface area contributed by atoms with Crippen LogP contribution >= 0.6 is 11.6 Å². The molecule has 0 spiro atoms. The molecule has 0 aliphatic heterocycles. The number of benzene rings is 2. The number of carbonyl (C=O) groups is 1. The molecule has 0 radical (unpaired) electrons. The molecule has 1 aromatic heterocycles. The number of nitrogens with zero attached hydrogens (tertiary/aromatic N) is 4. The summed E-state index contributed by atoms with van der Waals surface area (Å²) in [5.74, 6) is 0.447. The van der Waals surface area contributed by atoms with E-state index in [0.29, 0.717) is 40.5 Å². The van der Waals surface area contributed by atoms with E-state index >= 15 is 0 Å². The van der Waals surface area contributed by atoms with Crippen molar-refractivity contribution in [3.8, 4) is 0 Å². The van der Waals surface area contributed by atoms with E-state index < -0.39 is 17.0 Å². The second-order valence-corrected chi connectivity index (χ2v) is 7.31. The van der Waals surface area contributed by atoms with Gasteiger partial charge in [-0.25, -0.2) is 9.78 Å². The van der Waals surface area contributed by atoms with Gasteiger partial charge in [-0.15, -0.1) is 0 Å². The highest BCUT2D eigenvalue weighted by atomic mass is 35.5. The molecule has 9 nitrogen and oxygen atoms in total. The minimum Gasteiger partial charge on any atom is -0.315 e. The Labute approximate surface area is 183 Å². The van der Waals surface area contributed by atoms with Gasteiger partial charge in [-0.1, -0.05) is 11.6 Å². The van der Waals surface area contributed by atoms with Crippen molar-refractivity contribution >= 4 is 39.9 Å². The quantitative estimate of drug-likeness (QED) is 0.442. The van der Waals surface area contributed by atoms with E-state index in [9.17, 15) is 19.7 Å². The first-order valence-electron chi connectivity index (χ1n) is 9.78. The molecule has 162 valence electrons. The summed E-state index contributed by atoms with van der Waals surface area (Å²) >= 11 is 6.07. The van der Waals surface area contributed by atoms with E-state index in [1.54, 1.807) is 29.7 Å². The van der Waals surface area contributed by atoms with E-state index in [2.05, 4.69) is 10.3 Å². The molecule has 1 atom stereocenters. The maximum atomic E-state index is 13.0. The Bertz CT molecular complexity index is 1190. The largest absolute Gasteiger partial charge is 0.322 e. The molecule has 2 amide bonds. The minimum absolute atomic E-state index is 0.0651. The molecule has 3 rings (SSSR count). The van der Waals surface area contributed by atoms with Crippen molar-refractivity contribution in [2.24, 2.45) is 0 Å². The zero-order valence-electron chi connectivity index (χ0n) is 17.3. The number of nitrogens with one attached hydrogen (secondary N) is 1. The third-order valence-electron chi connectivity index (χ3n) is 5.04. The van der Waals surface area contributed by atoms with Crippen LogP contribution in [0.5, 0.6) is 0 Å². The lowest BCUT2D eigenvalue weighted by Crippen LogP contribution is -2.40. The number of amides is 2. The lowest BCUT2D eigenvalue weighted by Gasteiger charge is -2.29. The summed E-state index contributed by atoms with van der Waals surface area (Å²) in [6, 6.07) is 9.56. The van der Waals surface area contributed by atoms with Crippen LogP contribution in [0, 0.1) is 10.1 Å². The summed E-state index contributed by atoms with van der Waals surface area (Å²) in [6.45, 7) is 6.20. The molecule has 1 unspecified atom stereocenters. The van der Waals surface area contributed by atoms with Gasteiger partial charge in [0.25, 0.3) is 11.2 Å². The predicted octanol–water partition coefficient (Wildman–Crippen LogP) is 4.59. The average molecular weight is 444 g/mol. The van der Waals surface area contributed by atoms with Gasteiger partial charge in [-0.05, 0) is 51.1 Å². The summed E-state index contributed by atoms with van der Waals surface area (Å²) < 4.78 is 1.54. The average Bonchev–Trinajstić information content (AvgIpc) is 2.74. The second kappa shape index (κ2) is 9.13. The number of halogens is 1. The molecule has 0 saturated heterocycles. The van der Waals surface area contributed by atoms with Gasteiger partial charge in [0.05, 0.1) is 21.9 Å². The molecule has 0 bridgehead atoms. The molecular formula is C21H22ClN5O4. The number of non-ortho nitro benzene ring substituents is 1. The Morgan fingerprint density at radius 2 is 1.94 bits per heavy atom. The number of nitro benzene ring substituents is 1. The smallest absolute Gasteiger partial charge is 0.315 e. The van der Waals surface area contributed by atoms with Gasteiger partial charge < -0.3 is 10.2 Å². The third kappa shape index (κ3) is 4.51. The van der Waals surface area contributed by atoms with Crippen molar-refractivity contribution in [1.82, 2.24) is 14.5 Å². The molecule has 31 heavy (non-hydrogen) atoms. The Morgan fingerprint density at radius 1 is 1.26 bits per heavy atom. The van der Waals surface area contributed by atoms with E-state index in [0.717, 1.165) is 0 Å². The van der Waals surface area contributed by atoms with E-state index in [1.165, 1.54) is 29.2 Å². The maximum absolute atomic E-state index is 13.0. The maximum Gasteiger partial charge on any atom is 0.322 e. The van der Waals surface area contributed by atoms with Gasteiger partial charge in [0.1, 0.15) is 5.82 Å². The Balaban J connectivity index is 1.94. The molecule has 3 aromatic rings. The van der Waals surface area contributed by atoms with Crippen LogP contribution in [0.25, 0.3) is 10.9 Å². The van der Waals surface area contributed by atoms with Gasteiger partial charge in [0, 0.05) is 35.9 Å². The third-order valence-corrected chi connectivity index (χ3v) is 5.27. The van der Waals surface area contributed by atoms with Gasteiger partial charge in [0.2, 0.25) is 0 Å². The number of urea groups is 1. The summed E-state index contributed by atoms with van der Waals surface area (Å²) in [7, 11) is 0. The highest BCUT2D eigenvalue weighted by Gasteiger charge is 2.25. The number of anilines is 1. The van der Waals surface area contributed by atoms with Crippen LogP contribution in [0.1, 0.15) is 32.6 Å². The lowest BCUT2D eigenvalue weighted by atomic mass is 10.2. The molecule has 10 heteroatoms. The van der Waals surface area contributed by atoms with E-state index in [1.807, 2.05) is 13.8 Å². The zero-order chi connectivity index (χ0) is 22.7. The Hall–Kier alpha value is -3.46. The summed E-state index contributed by atoms with van der Waals surface area (Å²) in [6.07, 6.45) is 0. The van der Waals surface area contributed by atoms with Gasteiger partial charge >= 0.3 is 6.03 Å². The number of fused-ring (bicyclic) bond motifs is 1. The molecule has 0 saturated carbocycles. The molecule has 0 aliphatic rings. The topological polar surface area (TPSA) is 110 Å². The van der Waals surface area contributed by atoms with E-state index in [4.69, 9.17) is 11.6 Å². The SMILES string of the molecule is CCN(C(=O)Nc1ccc([N+](=O)[O-])cc1)C(C)c1nc2cc(Cl)ccc2c(=O)n1CC. The summed E-state index contributed by atoms with van der Waals surface area (Å²) in [5, 5.41) is 14.5. The van der Waals surface area contributed by atoms with Crippen LogP contribution in [-0.2, 0) is 6.54 Å². The summed E-state index contributed by atoms with van der Waals surface area (Å²) in [4.78, 5) is 42.4. The van der Waals surface area contributed by atoms with Crippen LogP contribution in [0.15, 0.2) is 47.3 Å².